The standard InChI is InChI=1S/C15H13N3O2S/c16-7-12(10-4-2-1-3-5-10)20-15(19)13-6-11-8-17-9-18-14(11)21-13/h1-6,12,17-18H,8-9H2. The topological polar surface area (TPSA) is 74.1 Å². The van der Waals surface area contributed by atoms with E-state index in [4.69, 9.17) is 4.74 Å². The molecule has 1 aromatic heterocycles. The third-order valence-corrected chi connectivity index (χ3v) is 4.26. The summed E-state index contributed by atoms with van der Waals surface area (Å²) in [6, 6.07) is 12.8. The number of nitriles is 1. The summed E-state index contributed by atoms with van der Waals surface area (Å²) in [5.41, 5.74) is 1.72. The number of thiophene rings is 1. The lowest BCUT2D eigenvalue weighted by Crippen LogP contribution is -2.26. The Kier molecular flexibility index (Phi) is 3.86. The number of hydrogen-bond donors (Lipinski definition) is 2. The van der Waals surface area contributed by atoms with Gasteiger partial charge < -0.3 is 10.1 Å². The smallest absolute Gasteiger partial charge is 0.350 e. The van der Waals surface area contributed by atoms with Crippen molar-refractivity contribution in [1.29, 1.82) is 5.26 Å². The molecular formula is C15H13N3O2S. The number of carbonyl (C=O) groups is 1. The summed E-state index contributed by atoms with van der Waals surface area (Å²) >= 11 is 1.36. The van der Waals surface area contributed by atoms with Crippen molar-refractivity contribution in [3.05, 3.63) is 52.4 Å². The zero-order valence-electron chi connectivity index (χ0n) is 11.1. The molecule has 0 fully saturated rings. The highest BCUT2D eigenvalue weighted by molar-refractivity contribution is 7.18. The van der Waals surface area contributed by atoms with Crippen LogP contribution in [0.5, 0.6) is 0 Å². The van der Waals surface area contributed by atoms with E-state index < -0.39 is 12.1 Å². The van der Waals surface area contributed by atoms with Crippen molar-refractivity contribution in [2.24, 2.45) is 0 Å². The largest absolute Gasteiger partial charge is 0.438 e. The van der Waals surface area contributed by atoms with Gasteiger partial charge in [0.05, 0.1) is 11.7 Å². The predicted octanol–water partition coefficient (Wildman–Crippen LogP) is 2.64. The molecular weight excluding hydrogens is 286 g/mol. The van der Waals surface area contributed by atoms with Gasteiger partial charge in [-0.25, -0.2) is 4.79 Å². The van der Waals surface area contributed by atoms with Gasteiger partial charge in [0, 0.05) is 17.7 Å². The van der Waals surface area contributed by atoms with Crippen LogP contribution in [0.25, 0.3) is 0 Å². The molecule has 0 saturated heterocycles. The Morgan fingerprint density at radius 1 is 1.38 bits per heavy atom. The summed E-state index contributed by atoms with van der Waals surface area (Å²) < 4.78 is 5.31. The maximum atomic E-state index is 12.2. The number of fused-ring (bicyclic) bond motifs is 1. The summed E-state index contributed by atoms with van der Waals surface area (Å²) in [5.74, 6) is -0.466. The van der Waals surface area contributed by atoms with Crippen LogP contribution in [0.1, 0.15) is 26.9 Å². The number of ether oxygens (including phenoxy) is 1. The van der Waals surface area contributed by atoms with Crippen LogP contribution < -0.4 is 10.6 Å². The molecule has 0 radical (unpaired) electrons. The van der Waals surface area contributed by atoms with Crippen LogP contribution in [0, 0.1) is 11.3 Å². The van der Waals surface area contributed by atoms with E-state index in [1.807, 2.05) is 24.3 Å². The Bertz CT molecular complexity index is 667. The fourth-order valence-corrected chi connectivity index (χ4v) is 3.07. The van der Waals surface area contributed by atoms with Gasteiger partial charge in [0.25, 0.3) is 0 Å². The van der Waals surface area contributed by atoms with Crippen LogP contribution in [-0.4, -0.2) is 12.6 Å². The van der Waals surface area contributed by atoms with Gasteiger partial charge in [-0.2, -0.15) is 5.26 Å². The van der Waals surface area contributed by atoms with E-state index in [1.165, 1.54) is 11.3 Å². The van der Waals surface area contributed by atoms with E-state index in [2.05, 4.69) is 10.6 Å². The minimum Gasteiger partial charge on any atom is -0.438 e. The summed E-state index contributed by atoms with van der Waals surface area (Å²) in [4.78, 5) is 12.7. The number of benzene rings is 1. The second-order valence-corrected chi connectivity index (χ2v) is 5.62. The quantitative estimate of drug-likeness (QED) is 0.852. The first kappa shape index (κ1) is 13.6. The molecule has 1 atom stereocenters. The fraction of sp³-hybridized carbons (Fsp3) is 0.200. The molecule has 106 valence electrons. The zero-order chi connectivity index (χ0) is 14.7. The molecule has 1 unspecified atom stereocenters. The molecule has 6 heteroatoms. The maximum Gasteiger partial charge on any atom is 0.350 e. The second-order valence-electron chi connectivity index (χ2n) is 4.57. The number of rotatable bonds is 3. The Hall–Kier alpha value is -2.36. The van der Waals surface area contributed by atoms with Gasteiger partial charge in [-0.15, -0.1) is 11.3 Å². The van der Waals surface area contributed by atoms with Crippen molar-refractivity contribution in [3.8, 4) is 6.07 Å². The lowest BCUT2D eigenvalue weighted by molar-refractivity contribution is 0.0410. The first-order valence-corrected chi connectivity index (χ1v) is 7.32. The lowest BCUT2D eigenvalue weighted by Gasteiger charge is -2.13. The first-order chi connectivity index (χ1) is 10.3. The molecule has 2 N–H and O–H groups in total. The molecule has 3 rings (SSSR count). The average Bonchev–Trinajstić information content (AvgIpc) is 2.97. The monoisotopic (exact) mass is 299 g/mol. The van der Waals surface area contributed by atoms with Crippen LogP contribution in [0.2, 0.25) is 0 Å². The Labute approximate surface area is 126 Å². The number of anilines is 1. The Morgan fingerprint density at radius 2 is 2.19 bits per heavy atom. The molecule has 2 heterocycles. The van der Waals surface area contributed by atoms with Gasteiger partial charge in [-0.3, -0.25) is 5.32 Å². The van der Waals surface area contributed by atoms with Crippen molar-refractivity contribution >= 4 is 22.3 Å². The minimum absolute atomic E-state index is 0.466. The number of nitrogens with zero attached hydrogens (tertiary/aromatic N) is 1. The average molecular weight is 299 g/mol. The molecule has 5 nitrogen and oxygen atoms in total. The highest BCUT2D eigenvalue weighted by Gasteiger charge is 2.21. The Morgan fingerprint density at radius 3 is 2.90 bits per heavy atom. The maximum absolute atomic E-state index is 12.2. The molecule has 1 aromatic carbocycles. The van der Waals surface area contributed by atoms with Crippen LogP contribution >= 0.6 is 11.3 Å². The fourth-order valence-electron chi connectivity index (χ4n) is 2.11. The summed E-state index contributed by atoms with van der Waals surface area (Å²) in [6.45, 7) is 1.42. The predicted molar refractivity (Wildman–Crippen MR) is 79.9 cm³/mol. The third kappa shape index (κ3) is 2.89. The van der Waals surface area contributed by atoms with Gasteiger partial charge in [0.15, 0.2) is 0 Å². The molecule has 1 aliphatic heterocycles. The normalized spacial score (nSPS) is 14.4. The summed E-state index contributed by atoms with van der Waals surface area (Å²) in [7, 11) is 0. The minimum atomic E-state index is -0.885. The molecule has 0 spiro atoms. The van der Waals surface area contributed by atoms with E-state index in [1.54, 1.807) is 18.2 Å². The van der Waals surface area contributed by atoms with E-state index in [0.717, 1.165) is 17.1 Å². The van der Waals surface area contributed by atoms with E-state index in [-0.39, 0.29) is 0 Å². The number of esters is 1. The molecule has 0 bridgehead atoms. The number of carbonyl (C=O) groups excluding carboxylic acids is 1. The van der Waals surface area contributed by atoms with Gasteiger partial charge >= 0.3 is 5.97 Å². The van der Waals surface area contributed by atoms with E-state index in [0.29, 0.717) is 17.1 Å². The second kappa shape index (κ2) is 5.95. The van der Waals surface area contributed by atoms with Crippen molar-refractivity contribution in [2.45, 2.75) is 12.6 Å². The van der Waals surface area contributed by atoms with Crippen LogP contribution in [0.3, 0.4) is 0 Å². The van der Waals surface area contributed by atoms with Gasteiger partial charge in [0.2, 0.25) is 6.10 Å². The highest BCUT2D eigenvalue weighted by atomic mass is 32.1. The molecule has 21 heavy (non-hydrogen) atoms. The zero-order valence-corrected chi connectivity index (χ0v) is 11.9. The third-order valence-electron chi connectivity index (χ3n) is 3.14. The van der Waals surface area contributed by atoms with Crippen LogP contribution in [0.4, 0.5) is 5.00 Å². The number of nitrogens with one attached hydrogen (secondary N) is 2. The summed E-state index contributed by atoms with van der Waals surface area (Å²) in [6.07, 6.45) is -0.885. The number of hydrogen-bond acceptors (Lipinski definition) is 6. The van der Waals surface area contributed by atoms with Crippen molar-refractivity contribution < 1.29 is 9.53 Å². The molecule has 1 aliphatic rings. The van der Waals surface area contributed by atoms with Gasteiger partial charge in [-0.05, 0) is 6.07 Å². The SMILES string of the molecule is N#CC(OC(=O)c1cc2c(s1)NCNC2)c1ccccc1. The molecule has 0 aliphatic carbocycles. The molecule has 0 saturated carbocycles. The molecule has 0 amide bonds. The van der Waals surface area contributed by atoms with E-state index in [9.17, 15) is 10.1 Å². The Balaban J connectivity index is 1.76. The summed E-state index contributed by atoms with van der Waals surface area (Å²) in [5, 5.41) is 16.5. The van der Waals surface area contributed by atoms with E-state index >= 15 is 0 Å². The van der Waals surface area contributed by atoms with Crippen molar-refractivity contribution in [2.75, 3.05) is 12.0 Å². The van der Waals surface area contributed by atoms with Crippen molar-refractivity contribution in [3.63, 3.8) is 0 Å². The van der Waals surface area contributed by atoms with Gasteiger partial charge in [0.1, 0.15) is 10.9 Å². The lowest BCUT2D eigenvalue weighted by atomic mass is 10.1. The van der Waals surface area contributed by atoms with Gasteiger partial charge in [-0.1, -0.05) is 30.3 Å². The van der Waals surface area contributed by atoms with Crippen LogP contribution in [0.15, 0.2) is 36.4 Å². The first-order valence-electron chi connectivity index (χ1n) is 6.51. The van der Waals surface area contributed by atoms with Crippen LogP contribution in [-0.2, 0) is 11.3 Å². The molecule has 2 aromatic rings. The van der Waals surface area contributed by atoms with Crippen molar-refractivity contribution in [1.82, 2.24) is 5.32 Å². The highest BCUT2D eigenvalue weighted by Crippen LogP contribution is 2.31.